The second kappa shape index (κ2) is 7.67. The van der Waals surface area contributed by atoms with E-state index in [1.807, 2.05) is 6.92 Å². The van der Waals surface area contributed by atoms with E-state index in [0.29, 0.717) is 24.7 Å². The zero-order valence-corrected chi connectivity index (χ0v) is 11.3. The van der Waals surface area contributed by atoms with E-state index in [-0.39, 0.29) is 5.91 Å². The highest BCUT2D eigenvalue weighted by Gasteiger charge is 2.29. The summed E-state index contributed by atoms with van der Waals surface area (Å²) in [6.07, 6.45) is 4.47. The number of hydrogen-bond donors (Lipinski definition) is 2. The van der Waals surface area contributed by atoms with Gasteiger partial charge in [-0.3, -0.25) is 4.79 Å². The second-order valence-corrected chi connectivity index (χ2v) is 4.71. The van der Waals surface area contributed by atoms with Crippen molar-refractivity contribution >= 4 is 5.91 Å². The average Bonchev–Trinajstić information content (AvgIpc) is 2.28. The highest BCUT2D eigenvalue weighted by Crippen LogP contribution is 2.22. The fourth-order valence-corrected chi connectivity index (χ4v) is 2.11. The number of rotatable bonds is 8. The van der Waals surface area contributed by atoms with E-state index in [9.17, 15) is 4.79 Å². The van der Waals surface area contributed by atoms with Crippen LogP contribution in [-0.4, -0.2) is 37.2 Å². The Morgan fingerprint density at radius 2 is 1.94 bits per heavy atom. The van der Waals surface area contributed by atoms with Crippen LogP contribution >= 0.6 is 0 Å². The van der Waals surface area contributed by atoms with Gasteiger partial charge in [-0.25, -0.2) is 0 Å². The van der Waals surface area contributed by atoms with Gasteiger partial charge in [0.25, 0.3) is 0 Å². The van der Waals surface area contributed by atoms with E-state index in [2.05, 4.69) is 24.5 Å². The molecule has 4 heteroatoms. The van der Waals surface area contributed by atoms with Gasteiger partial charge in [0.2, 0.25) is 5.91 Å². The Hall–Kier alpha value is -0.610. The van der Waals surface area contributed by atoms with Crippen LogP contribution < -0.4 is 10.6 Å². The lowest BCUT2D eigenvalue weighted by Gasteiger charge is -2.35. The summed E-state index contributed by atoms with van der Waals surface area (Å²) < 4.78 is 5.47. The van der Waals surface area contributed by atoms with E-state index in [1.165, 1.54) is 0 Å². The molecule has 4 nitrogen and oxygen atoms in total. The standard InChI is InChI=1S/C13H26N2O2/c1-4-10(5-2)15-13(16)9-14-11-7-12(8-11)17-6-3/h10-12,14H,4-9H2,1-3H3,(H,15,16). The normalized spacial score (nSPS) is 23.5. The lowest BCUT2D eigenvalue weighted by molar-refractivity contribution is -0.121. The molecule has 0 saturated heterocycles. The molecule has 100 valence electrons. The van der Waals surface area contributed by atoms with Gasteiger partial charge in [0, 0.05) is 18.7 Å². The third-order valence-corrected chi connectivity index (χ3v) is 3.40. The molecule has 0 unspecified atom stereocenters. The molecule has 0 spiro atoms. The van der Waals surface area contributed by atoms with Crippen molar-refractivity contribution in [2.75, 3.05) is 13.2 Å². The van der Waals surface area contributed by atoms with Gasteiger partial charge in [-0.1, -0.05) is 13.8 Å². The quantitative estimate of drug-likeness (QED) is 0.677. The molecule has 17 heavy (non-hydrogen) atoms. The van der Waals surface area contributed by atoms with Crippen LogP contribution in [0.5, 0.6) is 0 Å². The first-order valence-electron chi connectivity index (χ1n) is 6.83. The number of carbonyl (C=O) groups excluding carboxylic acids is 1. The third kappa shape index (κ3) is 5.04. The molecule has 1 rings (SSSR count). The first kappa shape index (κ1) is 14.5. The molecule has 2 N–H and O–H groups in total. The van der Waals surface area contributed by atoms with Crippen molar-refractivity contribution in [1.82, 2.24) is 10.6 Å². The number of amides is 1. The third-order valence-electron chi connectivity index (χ3n) is 3.40. The minimum Gasteiger partial charge on any atom is -0.378 e. The SMILES string of the molecule is CCOC1CC(NCC(=O)NC(CC)CC)C1. The van der Waals surface area contributed by atoms with Gasteiger partial charge < -0.3 is 15.4 Å². The molecule has 0 atom stereocenters. The van der Waals surface area contributed by atoms with Crippen molar-refractivity contribution in [3.05, 3.63) is 0 Å². The Labute approximate surface area is 104 Å². The first-order valence-corrected chi connectivity index (χ1v) is 6.83. The summed E-state index contributed by atoms with van der Waals surface area (Å²) in [6.45, 7) is 7.43. The molecule has 0 aromatic heterocycles. The van der Waals surface area contributed by atoms with Crippen LogP contribution in [0.25, 0.3) is 0 Å². The Morgan fingerprint density at radius 1 is 1.29 bits per heavy atom. The maximum Gasteiger partial charge on any atom is 0.234 e. The lowest BCUT2D eigenvalue weighted by Crippen LogP contribution is -2.49. The smallest absolute Gasteiger partial charge is 0.234 e. The Kier molecular flexibility index (Phi) is 6.52. The molecule has 0 heterocycles. The van der Waals surface area contributed by atoms with Crippen LogP contribution in [0.1, 0.15) is 46.5 Å². The van der Waals surface area contributed by atoms with Crippen molar-refractivity contribution in [1.29, 1.82) is 0 Å². The first-order chi connectivity index (χ1) is 8.19. The van der Waals surface area contributed by atoms with E-state index in [1.54, 1.807) is 0 Å². The van der Waals surface area contributed by atoms with Crippen molar-refractivity contribution < 1.29 is 9.53 Å². The molecule has 0 radical (unpaired) electrons. The predicted octanol–water partition coefficient (Wildman–Crippen LogP) is 1.45. The molecule has 0 aromatic carbocycles. The largest absolute Gasteiger partial charge is 0.378 e. The summed E-state index contributed by atoms with van der Waals surface area (Å²) in [6, 6.07) is 0.779. The van der Waals surface area contributed by atoms with Crippen LogP contribution in [0.15, 0.2) is 0 Å². The Bertz CT molecular complexity index is 223. The van der Waals surface area contributed by atoms with Gasteiger partial charge in [0.15, 0.2) is 0 Å². The van der Waals surface area contributed by atoms with Gasteiger partial charge in [0.05, 0.1) is 12.6 Å². The highest BCUT2D eigenvalue weighted by molar-refractivity contribution is 5.78. The minimum atomic E-state index is 0.110. The Morgan fingerprint density at radius 3 is 2.47 bits per heavy atom. The molecule has 0 bridgehead atoms. The zero-order valence-electron chi connectivity index (χ0n) is 11.3. The fraction of sp³-hybridized carbons (Fsp3) is 0.923. The van der Waals surface area contributed by atoms with Gasteiger partial charge in [-0.15, -0.1) is 0 Å². The molecular formula is C13H26N2O2. The van der Waals surface area contributed by atoms with Crippen molar-refractivity contribution in [2.45, 2.75) is 64.6 Å². The summed E-state index contributed by atoms with van der Waals surface area (Å²) in [5.74, 6) is 0.110. The summed E-state index contributed by atoms with van der Waals surface area (Å²) in [5, 5.41) is 6.29. The summed E-state index contributed by atoms with van der Waals surface area (Å²) in [4.78, 5) is 11.6. The lowest BCUT2D eigenvalue weighted by atomic mass is 9.89. The molecule has 1 aliphatic carbocycles. The van der Waals surface area contributed by atoms with Crippen molar-refractivity contribution in [2.24, 2.45) is 0 Å². The van der Waals surface area contributed by atoms with E-state index >= 15 is 0 Å². The van der Waals surface area contributed by atoms with Crippen molar-refractivity contribution in [3.8, 4) is 0 Å². The second-order valence-electron chi connectivity index (χ2n) is 4.71. The molecular weight excluding hydrogens is 216 g/mol. The minimum absolute atomic E-state index is 0.110. The van der Waals surface area contributed by atoms with E-state index in [0.717, 1.165) is 32.3 Å². The van der Waals surface area contributed by atoms with Crippen LogP contribution in [0.4, 0.5) is 0 Å². The number of nitrogens with one attached hydrogen (secondary N) is 2. The molecule has 0 aliphatic heterocycles. The van der Waals surface area contributed by atoms with Crippen LogP contribution in [0, 0.1) is 0 Å². The number of carbonyl (C=O) groups is 1. The van der Waals surface area contributed by atoms with Gasteiger partial charge in [-0.2, -0.15) is 0 Å². The fourth-order valence-electron chi connectivity index (χ4n) is 2.11. The maximum atomic E-state index is 11.6. The molecule has 0 aromatic rings. The Balaban J connectivity index is 2.05. The maximum absolute atomic E-state index is 11.6. The summed E-state index contributed by atoms with van der Waals surface area (Å²) >= 11 is 0. The van der Waals surface area contributed by atoms with Gasteiger partial charge in [0.1, 0.15) is 0 Å². The number of hydrogen-bond acceptors (Lipinski definition) is 3. The van der Waals surface area contributed by atoms with Crippen molar-refractivity contribution in [3.63, 3.8) is 0 Å². The van der Waals surface area contributed by atoms with Gasteiger partial charge in [-0.05, 0) is 32.6 Å². The highest BCUT2D eigenvalue weighted by atomic mass is 16.5. The monoisotopic (exact) mass is 242 g/mol. The van der Waals surface area contributed by atoms with Crippen LogP contribution in [-0.2, 0) is 9.53 Å². The van der Waals surface area contributed by atoms with Crippen LogP contribution in [0.2, 0.25) is 0 Å². The summed E-state index contributed by atoms with van der Waals surface area (Å²) in [5.41, 5.74) is 0. The molecule has 1 fully saturated rings. The van der Waals surface area contributed by atoms with E-state index < -0.39 is 0 Å². The van der Waals surface area contributed by atoms with Crippen LogP contribution in [0.3, 0.4) is 0 Å². The topological polar surface area (TPSA) is 50.4 Å². The number of ether oxygens (including phenoxy) is 1. The molecule has 1 aliphatic rings. The molecule has 1 amide bonds. The van der Waals surface area contributed by atoms with E-state index in [4.69, 9.17) is 4.74 Å². The zero-order chi connectivity index (χ0) is 12.7. The summed E-state index contributed by atoms with van der Waals surface area (Å²) in [7, 11) is 0. The van der Waals surface area contributed by atoms with Gasteiger partial charge >= 0.3 is 0 Å². The average molecular weight is 242 g/mol. The molecule has 1 saturated carbocycles. The predicted molar refractivity (Wildman–Crippen MR) is 69.0 cm³/mol.